The molecule has 5 heterocycles. The van der Waals surface area contributed by atoms with Gasteiger partial charge in [-0.25, -0.2) is 19.3 Å². The largest absolute Gasteiger partial charge is 0.479 e. The predicted molar refractivity (Wildman–Crippen MR) is 122 cm³/mol. The fraction of sp³-hybridized carbons (Fsp3) is 0.286. The second kappa shape index (κ2) is 8.47. The first-order chi connectivity index (χ1) is 16.0. The minimum atomic E-state index is -0.589. The number of nitrogen functional groups attached to an aromatic ring is 1. The number of aryl methyl sites for hydroxylation is 1. The van der Waals surface area contributed by atoms with Crippen molar-refractivity contribution in [2.75, 3.05) is 49.2 Å². The molecule has 0 aromatic carbocycles. The van der Waals surface area contributed by atoms with Gasteiger partial charge >= 0.3 is 0 Å². The molecule has 4 N–H and O–H groups in total. The van der Waals surface area contributed by atoms with Crippen molar-refractivity contribution in [2.45, 2.75) is 6.92 Å². The maximum absolute atomic E-state index is 14.2. The Kier molecular flexibility index (Phi) is 5.34. The normalized spacial score (nSPS) is 14.0. The highest BCUT2D eigenvalue weighted by atomic mass is 19.1. The molecule has 5 rings (SSSR count). The third kappa shape index (κ3) is 4.07. The summed E-state index contributed by atoms with van der Waals surface area (Å²) in [5, 5.41) is 6.49. The zero-order valence-electron chi connectivity index (χ0n) is 18.2. The van der Waals surface area contributed by atoms with E-state index in [1.807, 2.05) is 22.7 Å². The number of fused-ring (bicyclic) bond motifs is 1. The van der Waals surface area contributed by atoms with Crippen LogP contribution in [0.3, 0.4) is 0 Å². The van der Waals surface area contributed by atoms with Crippen LogP contribution in [-0.2, 0) is 0 Å². The Bertz CT molecular complexity index is 1300. The number of ether oxygens (including phenoxy) is 1. The Morgan fingerprint density at radius 1 is 1.15 bits per heavy atom. The molecular weight excluding hydrogens is 427 g/mol. The summed E-state index contributed by atoms with van der Waals surface area (Å²) in [7, 11) is 1.36. The minimum Gasteiger partial charge on any atom is -0.479 e. The van der Waals surface area contributed by atoms with Gasteiger partial charge in [0.25, 0.3) is 0 Å². The van der Waals surface area contributed by atoms with Crippen LogP contribution in [0.5, 0.6) is 5.88 Å². The zero-order valence-corrected chi connectivity index (χ0v) is 18.2. The number of pyridine rings is 2. The Balaban J connectivity index is 1.64. The van der Waals surface area contributed by atoms with Gasteiger partial charge in [0.1, 0.15) is 17.2 Å². The first-order valence-corrected chi connectivity index (χ1v) is 10.4. The molecule has 0 radical (unpaired) electrons. The average molecular weight is 450 g/mol. The van der Waals surface area contributed by atoms with Gasteiger partial charge in [-0.1, -0.05) is 0 Å². The summed E-state index contributed by atoms with van der Waals surface area (Å²) in [4.78, 5) is 23.9. The van der Waals surface area contributed by atoms with E-state index < -0.39 is 5.82 Å². The van der Waals surface area contributed by atoms with Crippen LogP contribution in [0.2, 0.25) is 0 Å². The van der Waals surface area contributed by atoms with Crippen LogP contribution in [0.15, 0.2) is 30.6 Å². The Morgan fingerprint density at radius 2 is 1.97 bits per heavy atom. The van der Waals surface area contributed by atoms with Crippen molar-refractivity contribution >= 4 is 28.8 Å². The van der Waals surface area contributed by atoms with Gasteiger partial charge in [0.2, 0.25) is 11.8 Å². The minimum absolute atomic E-state index is 0.0858. The molecule has 170 valence electrons. The summed E-state index contributed by atoms with van der Waals surface area (Å²) >= 11 is 0. The van der Waals surface area contributed by atoms with Gasteiger partial charge in [-0.2, -0.15) is 9.97 Å². The Morgan fingerprint density at radius 3 is 2.70 bits per heavy atom. The van der Waals surface area contributed by atoms with Crippen molar-refractivity contribution in [2.24, 2.45) is 0 Å². The van der Waals surface area contributed by atoms with Gasteiger partial charge in [-0.3, -0.25) is 4.40 Å². The molecule has 1 fully saturated rings. The SMILES string of the molecule is COc1ncc(Nc2nc3ccc(N4CCNCC4)cn3c2-c2nc(C)nc(N)n2)cc1F. The number of nitrogens with zero attached hydrogens (tertiary/aromatic N) is 7. The first-order valence-electron chi connectivity index (χ1n) is 10.4. The van der Waals surface area contributed by atoms with E-state index in [0.717, 1.165) is 31.9 Å². The van der Waals surface area contributed by atoms with Gasteiger partial charge in [0.05, 0.1) is 24.7 Å². The average Bonchev–Trinajstić information content (AvgIpc) is 3.16. The molecule has 0 unspecified atom stereocenters. The molecule has 0 amide bonds. The van der Waals surface area contributed by atoms with Gasteiger partial charge < -0.3 is 26.0 Å². The maximum Gasteiger partial charge on any atom is 0.250 e. The molecule has 0 spiro atoms. The monoisotopic (exact) mass is 450 g/mol. The lowest BCUT2D eigenvalue weighted by atomic mass is 10.3. The lowest BCUT2D eigenvalue weighted by Crippen LogP contribution is -2.43. The summed E-state index contributed by atoms with van der Waals surface area (Å²) in [5.41, 5.74) is 8.61. The number of nitrogens with two attached hydrogens (primary N) is 1. The molecular formula is C21H23FN10O. The number of methoxy groups -OCH3 is 1. The second-order valence-electron chi connectivity index (χ2n) is 7.57. The third-order valence-electron chi connectivity index (χ3n) is 5.32. The molecule has 1 saturated heterocycles. The molecule has 4 aromatic heterocycles. The van der Waals surface area contributed by atoms with Crippen molar-refractivity contribution in [1.29, 1.82) is 0 Å². The molecule has 0 aliphatic carbocycles. The number of hydrogen-bond acceptors (Lipinski definition) is 10. The molecule has 11 nitrogen and oxygen atoms in total. The second-order valence-corrected chi connectivity index (χ2v) is 7.57. The topological polar surface area (TPSA) is 131 Å². The van der Waals surface area contributed by atoms with Crippen LogP contribution in [0.25, 0.3) is 17.2 Å². The van der Waals surface area contributed by atoms with Crippen LogP contribution in [0.1, 0.15) is 5.82 Å². The highest BCUT2D eigenvalue weighted by molar-refractivity contribution is 5.77. The van der Waals surface area contributed by atoms with Gasteiger partial charge in [-0.05, 0) is 19.1 Å². The number of aromatic nitrogens is 6. The van der Waals surface area contributed by atoms with E-state index in [0.29, 0.717) is 34.5 Å². The first kappa shape index (κ1) is 20.8. The number of halogens is 1. The van der Waals surface area contributed by atoms with Gasteiger partial charge in [-0.15, -0.1) is 0 Å². The highest BCUT2D eigenvalue weighted by Crippen LogP contribution is 2.31. The standard InChI is InChI=1S/C21H23FN10O/c1-12-26-18(30-21(23)27-12)17-19(28-13-9-15(22)20(33-2)25-10-13)29-16-4-3-14(11-32(16)17)31-7-5-24-6-8-31/h3-4,9-11,24,28H,5-8H2,1-2H3,(H2,23,26,27,30). The molecule has 4 aromatic rings. The quantitative estimate of drug-likeness (QED) is 0.413. The van der Waals surface area contributed by atoms with E-state index in [2.05, 4.69) is 35.5 Å². The summed E-state index contributed by atoms with van der Waals surface area (Å²) in [6.45, 7) is 5.37. The molecule has 0 atom stereocenters. The van der Waals surface area contributed by atoms with Crippen molar-refractivity contribution in [1.82, 2.24) is 34.6 Å². The van der Waals surface area contributed by atoms with Crippen molar-refractivity contribution in [3.8, 4) is 17.4 Å². The van der Waals surface area contributed by atoms with E-state index >= 15 is 0 Å². The molecule has 0 bridgehead atoms. The van der Waals surface area contributed by atoms with Crippen LogP contribution < -0.4 is 26.0 Å². The van der Waals surface area contributed by atoms with E-state index in [1.54, 1.807) is 6.92 Å². The number of hydrogen-bond donors (Lipinski definition) is 3. The smallest absolute Gasteiger partial charge is 0.250 e. The lowest BCUT2D eigenvalue weighted by Gasteiger charge is -2.29. The van der Waals surface area contributed by atoms with Crippen LogP contribution in [0.4, 0.5) is 27.5 Å². The van der Waals surface area contributed by atoms with E-state index in [-0.39, 0.29) is 11.8 Å². The number of rotatable bonds is 5. The summed E-state index contributed by atoms with van der Waals surface area (Å²) in [6.07, 6.45) is 3.46. The van der Waals surface area contributed by atoms with Crippen molar-refractivity contribution < 1.29 is 9.13 Å². The maximum atomic E-state index is 14.2. The summed E-state index contributed by atoms with van der Waals surface area (Å²) in [6, 6.07) is 5.25. The van der Waals surface area contributed by atoms with Crippen molar-refractivity contribution in [3.05, 3.63) is 42.2 Å². The summed E-state index contributed by atoms with van der Waals surface area (Å²) < 4.78 is 21.0. The fourth-order valence-electron chi connectivity index (χ4n) is 3.83. The molecule has 1 aliphatic rings. The number of anilines is 4. The van der Waals surface area contributed by atoms with E-state index in [4.69, 9.17) is 15.5 Å². The predicted octanol–water partition coefficient (Wildman–Crippen LogP) is 1.77. The number of nitrogens with one attached hydrogen (secondary N) is 2. The highest BCUT2D eigenvalue weighted by Gasteiger charge is 2.21. The zero-order chi connectivity index (χ0) is 22.9. The van der Waals surface area contributed by atoms with Gasteiger partial charge in [0, 0.05) is 38.4 Å². The summed E-state index contributed by atoms with van der Waals surface area (Å²) in [5.74, 6) is 0.701. The Hall–Kier alpha value is -4.06. The molecule has 33 heavy (non-hydrogen) atoms. The van der Waals surface area contributed by atoms with Crippen LogP contribution in [-0.4, -0.2) is 62.6 Å². The van der Waals surface area contributed by atoms with Crippen molar-refractivity contribution in [3.63, 3.8) is 0 Å². The van der Waals surface area contributed by atoms with Crippen LogP contribution >= 0.6 is 0 Å². The van der Waals surface area contributed by atoms with E-state index in [9.17, 15) is 4.39 Å². The molecule has 1 aliphatic heterocycles. The lowest BCUT2D eigenvalue weighted by molar-refractivity contribution is 0.369. The molecule has 0 saturated carbocycles. The third-order valence-corrected chi connectivity index (χ3v) is 5.32. The number of piperazine rings is 1. The van der Waals surface area contributed by atoms with Gasteiger partial charge in [0.15, 0.2) is 17.5 Å². The molecule has 12 heteroatoms. The number of imidazole rings is 1. The fourth-order valence-corrected chi connectivity index (χ4v) is 3.83. The Labute approximate surface area is 188 Å². The van der Waals surface area contributed by atoms with Crippen LogP contribution in [0, 0.1) is 12.7 Å². The van der Waals surface area contributed by atoms with E-state index in [1.165, 1.54) is 19.4 Å².